The average Bonchev–Trinajstić information content (AvgIpc) is 2.95. The first-order chi connectivity index (χ1) is 10.9. The van der Waals surface area contributed by atoms with Crippen LogP contribution >= 0.6 is 23.1 Å². The maximum atomic E-state index is 11.0. The van der Waals surface area contributed by atoms with Gasteiger partial charge in [-0.05, 0) is 71.6 Å². The normalized spacial score (nSPS) is 16.9. The van der Waals surface area contributed by atoms with Crippen molar-refractivity contribution in [2.24, 2.45) is 0 Å². The summed E-state index contributed by atoms with van der Waals surface area (Å²) >= 11 is 3.25. The Labute approximate surface area is 145 Å². The smallest absolute Gasteiger partial charge is 0.345 e. The van der Waals surface area contributed by atoms with Crippen LogP contribution in [0.3, 0.4) is 0 Å². The number of fused-ring (bicyclic) bond motifs is 1. The maximum absolute atomic E-state index is 11.0. The first-order valence-corrected chi connectivity index (χ1v) is 9.46. The van der Waals surface area contributed by atoms with Crippen LogP contribution in [0.25, 0.3) is 11.6 Å². The van der Waals surface area contributed by atoms with Crippen LogP contribution in [0.1, 0.15) is 52.9 Å². The number of hydrogen-bond donors (Lipinski definition) is 1. The lowest BCUT2D eigenvalue weighted by Gasteiger charge is -2.32. The molecule has 120 valence electrons. The fraction of sp³-hybridized carbons (Fsp3) is 0.316. The van der Waals surface area contributed by atoms with Gasteiger partial charge in [-0.25, -0.2) is 4.79 Å². The van der Waals surface area contributed by atoms with Crippen molar-refractivity contribution in [3.63, 3.8) is 0 Å². The zero-order chi connectivity index (χ0) is 16.6. The molecular formula is C19H20O2S2. The molecule has 0 fully saturated rings. The number of carboxylic acid groups (broad SMARTS) is 1. The zero-order valence-electron chi connectivity index (χ0n) is 13.6. The van der Waals surface area contributed by atoms with Gasteiger partial charge in [0.1, 0.15) is 4.88 Å². The molecule has 1 aliphatic heterocycles. The Hall–Kier alpha value is -1.52. The SMILES string of the molecule is CC(=Cc1ccc(C(=O)O)s1)c1ccc2c(c1)C(C)(C)CCS2. The van der Waals surface area contributed by atoms with Crippen LogP contribution in [0.5, 0.6) is 0 Å². The summed E-state index contributed by atoms with van der Waals surface area (Å²) in [6, 6.07) is 10.2. The molecule has 2 aromatic rings. The summed E-state index contributed by atoms with van der Waals surface area (Å²) in [5, 5.41) is 9.03. The molecule has 0 spiro atoms. The lowest BCUT2D eigenvalue weighted by atomic mass is 9.80. The fourth-order valence-electron chi connectivity index (χ4n) is 2.82. The van der Waals surface area contributed by atoms with E-state index in [2.05, 4.69) is 45.0 Å². The first-order valence-electron chi connectivity index (χ1n) is 7.66. The molecule has 1 aromatic heterocycles. The Bertz CT molecular complexity index is 784. The Morgan fingerprint density at radius 1 is 1.26 bits per heavy atom. The molecule has 0 saturated carbocycles. The average molecular weight is 345 g/mol. The largest absolute Gasteiger partial charge is 0.477 e. The van der Waals surface area contributed by atoms with Crippen LogP contribution in [0.15, 0.2) is 35.2 Å². The van der Waals surface area contributed by atoms with E-state index in [4.69, 9.17) is 5.11 Å². The zero-order valence-corrected chi connectivity index (χ0v) is 15.2. The van der Waals surface area contributed by atoms with Gasteiger partial charge in [-0.3, -0.25) is 0 Å². The molecule has 4 heteroatoms. The van der Waals surface area contributed by atoms with E-state index in [9.17, 15) is 4.79 Å². The number of thioether (sulfide) groups is 1. The van der Waals surface area contributed by atoms with E-state index < -0.39 is 5.97 Å². The third-order valence-corrected chi connectivity index (χ3v) is 6.44. The molecule has 0 bridgehead atoms. The lowest BCUT2D eigenvalue weighted by Crippen LogP contribution is -2.22. The highest BCUT2D eigenvalue weighted by Crippen LogP contribution is 2.42. The van der Waals surface area contributed by atoms with E-state index >= 15 is 0 Å². The minimum absolute atomic E-state index is 0.219. The van der Waals surface area contributed by atoms with Gasteiger partial charge in [0.05, 0.1) is 0 Å². The van der Waals surface area contributed by atoms with Crippen LogP contribution in [0, 0.1) is 0 Å². The standard InChI is InChI=1S/C19H20O2S2/c1-12(10-14-5-7-17(23-14)18(20)21)13-4-6-16-15(11-13)19(2,3)8-9-22-16/h4-7,10-11H,8-9H2,1-3H3,(H,20,21). The van der Waals surface area contributed by atoms with Crippen molar-refractivity contribution < 1.29 is 9.90 Å². The second kappa shape index (κ2) is 6.17. The molecule has 0 aliphatic carbocycles. The molecule has 0 amide bonds. The number of rotatable bonds is 3. The Morgan fingerprint density at radius 3 is 2.74 bits per heavy atom. The number of benzene rings is 1. The van der Waals surface area contributed by atoms with Crippen LogP contribution in [0.4, 0.5) is 0 Å². The van der Waals surface area contributed by atoms with E-state index in [0.29, 0.717) is 4.88 Å². The van der Waals surface area contributed by atoms with Gasteiger partial charge >= 0.3 is 5.97 Å². The summed E-state index contributed by atoms with van der Waals surface area (Å²) < 4.78 is 0. The second-order valence-electron chi connectivity index (χ2n) is 6.53. The molecule has 1 aromatic carbocycles. The van der Waals surface area contributed by atoms with Crippen LogP contribution in [0.2, 0.25) is 0 Å². The highest BCUT2D eigenvalue weighted by atomic mass is 32.2. The lowest BCUT2D eigenvalue weighted by molar-refractivity contribution is 0.0702. The summed E-state index contributed by atoms with van der Waals surface area (Å²) in [5.74, 6) is 0.321. The molecule has 3 rings (SSSR count). The Balaban J connectivity index is 1.94. The van der Waals surface area contributed by atoms with Gasteiger partial charge in [0.2, 0.25) is 0 Å². The molecule has 1 aliphatic rings. The molecule has 0 radical (unpaired) electrons. The predicted molar refractivity (Wildman–Crippen MR) is 99.6 cm³/mol. The van der Waals surface area contributed by atoms with E-state index in [0.717, 1.165) is 10.5 Å². The van der Waals surface area contributed by atoms with Gasteiger partial charge < -0.3 is 5.11 Å². The van der Waals surface area contributed by atoms with Gasteiger partial charge in [-0.2, -0.15) is 0 Å². The highest BCUT2D eigenvalue weighted by molar-refractivity contribution is 7.99. The third-order valence-electron chi connectivity index (χ3n) is 4.34. The van der Waals surface area contributed by atoms with Crippen molar-refractivity contribution in [2.45, 2.75) is 37.5 Å². The van der Waals surface area contributed by atoms with Crippen LogP contribution in [-0.4, -0.2) is 16.8 Å². The Morgan fingerprint density at radius 2 is 2.04 bits per heavy atom. The molecular weight excluding hydrogens is 324 g/mol. The van der Waals surface area contributed by atoms with Gasteiger partial charge in [0, 0.05) is 9.77 Å². The molecule has 0 saturated heterocycles. The van der Waals surface area contributed by atoms with E-state index in [1.54, 1.807) is 6.07 Å². The van der Waals surface area contributed by atoms with Gasteiger partial charge in [-0.1, -0.05) is 19.9 Å². The fourth-order valence-corrected chi connectivity index (χ4v) is 5.16. The van der Waals surface area contributed by atoms with Crippen molar-refractivity contribution in [3.05, 3.63) is 51.2 Å². The number of allylic oxidation sites excluding steroid dienone is 1. The topological polar surface area (TPSA) is 37.3 Å². The van der Waals surface area contributed by atoms with Gasteiger partial charge in [-0.15, -0.1) is 23.1 Å². The third kappa shape index (κ3) is 3.38. The van der Waals surface area contributed by atoms with E-state index in [1.807, 2.05) is 17.8 Å². The summed E-state index contributed by atoms with van der Waals surface area (Å²) in [6.07, 6.45) is 3.27. The van der Waals surface area contributed by atoms with Gasteiger partial charge in [0.25, 0.3) is 0 Å². The summed E-state index contributed by atoms with van der Waals surface area (Å²) in [4.78, 5) is 13.7. The molecule has 2 nitrogen and oxygen atoms in total. The van der Waals surface area contributed by atoms with Crippen molar-refractivity contribution in [3.8, 4) is 0 Å². The predicted octanol–water partition coefficient (Wildman–Crippen LogP) is 5.78. The number of aromatic carboxylic acids is 1. The summed E-state index contributed by atoms with van der Waals surface area (Å²) in [5.41, 5.74) is 4.02. The van der Waals surface area contributed by atoms with Gasteiger partial charge in [0.15, 0.2) is 0 Å². The van der Waals surface area contributed by atoms with Crippen LogP contribution < -0.4 is 0 Å². The van der Waals surface area contributed by atoms with Crippen LogP contribution in [-0.2, 0) is 5.41 Å². The number of thiophene rings is 1. The summed E-state index contributed by atoms with van der Waals surface area (Å²) in [7, 11) is 0. The number of carbonyl (C=O) groups is 1. The quantitative estimate of drug-likeness (QED) is 0.767. The minimum atomic E-state index is -0.861. The van der Waals surface area contributed by atoms with E-state index in [1.165, 1.54) is 39.5 Å². The molecule has 2 heterocycles. The second-order valence-corrected chi connectivity index (χ2v) is 8.78. The molecule has 0 atom stereocenters. The van der Waals surface area contributed by atoms with Crippen molar-refractivity contribution >= 4 is 40.7 Å². The molecule has 1 N–H and O–H groups in total. The summed E-state index contributed by atoms with van der Waals surface area (Å²) in [6.45, 7) is 6.71. The minimum Gasteiger partial charge on any atom is -0.477 e. The molecule has 0 unspecified atom stereocenters. The monoisotopic (exact) mass is 344 g/mol. The number of hydrogen-bond acceptors (Lipinski definition) is 3. The highest BCUT2D eigenvalue weighted by Gasteiger charge is 2.27. The number of carboxylic acids is 1. The van der Waals surface area contributed by atoms with Crippen molar-refractivity contribution in [1.29, 1.82) is 0 Å². The van der Waals surface area contributed by atoms with Crippen molar-refractivity contribution in [2.75, 3.05) is 5.75 Å². The maximum Gasteiger partial charge on any atom is 0.345 e. The molecule has 23 heavy (non-hydrogen) atoms. The van der Waals surface area contributed by atoms with E-state index in [-0.39, 0.29) is 5.41 Å². The first kappa shape index (κ1) is 16.3. The van der Waals surface area contributed by atoms with Crippen molar-refractivity contribution in [1.82, 2.24) is 0 Å². The Kier molecular flexibility index (Phi) is 4.39.